The number of hydrogen-bond acceptors (Lipinski definition) is 5. The molecule has 3 rings (SSSR count). The number of thioether (sulfide) groups is 1. The first kappa shape index (κ1) is 13.7. The molecule has 0 unspecified atom stereocenters. The maximum absolute atomic E-state index is 4.66. The van der Waals surface area contributed by atoms with E-state index >= 15 is 0 Å². The third-order valence-corrected chi connectivity index (χ3v) is 5.24. The Kier molecular flexibility index (Phi) is 4.10. The first-order valence-electron chi connectivity index (χ1n) is 7.26. The van der Waals surface area contributed by atoms with Gasteiger partial charge in [-0.1, -0.05) is 19.3 Å². The Morgan fingerprint density at radius 1 is 1.30 bits per heavy atom. The van der Waals surface area contributed by atoms with Crippen LogP contribution in [-0.2, 0) is 12.8 Å². The Balaban J connectivity index is 1.78. The topological polar surface area (TPSA) is 55.6 Å². The number of rotatable bonds is 4. The predicted octanol–water partition coefficient (Wildman–Crippen LogP) is 2.97. The van der Waals surface area contributed by atoms with E-state index in [1.54, 1.807) is 0 Å². The van der Waals surface area contributed by atoms with Gasteiger partial charge >= 0.3 is 0 Å². The van der Waals surface area contributed by atoms with Gasteiger partial charge in [0.2, 0.25) is 0 Å². The van der Waals surface area contributed by atoms with Gasteiger partial charge in [0.05, 0.1) is 17.3 Å². The third-order valence-electron chi connectivity index (χ3n) is 3.88. The van der Waals surface area contributed by atoms with Crippen LogP contribution in [0.1, 0.15) is 37.9 Å². The highest BCUT2D eigenvalue weighted by molar-refractivity contribution is 7.99. The third kappa shape index (κ3) is 2.75. The van der Waals surface area contributed by atoms with Crippen LogP contribution in [0.5, 0.6) is 0 Å². The fourth-order valence-corrected chi connectivity index (χ4v) is 3.93. The molecule has 2 aromatic rings. The van der Waals surface area contributed by atoms with Crippen molar-refractivity contribution in [3.63, 3.8) is 0 Å². The molecular weight excluding hydrogens is 270 g/mol. The lowest BCUT2D eigenvalue weighted by molar-refractivity contribution is 0.516. The predicted molar refractivity (Wildman–Crippen MR) is 84.0 cm³/mol. The Morgan fingerprint density at radius 3 is 2.85 bits per heavy atom. The van der Waals surface area contributed by atoms with E-state index in [-0.39, 0.29) is 0 Å². The highest BCUT2D eigenvalue weighted by atomic mass is 32.2. The Bertz CT molecular complexity index is 589. The van der Waals surface area contributed by atoms with Crippen LogP contribution in [0.15, 0.2) is 6.20 Å². The van der Waals surface area contributed by atoms with Gasteiger partial charge in [-0.25, -0.2) is 9.97 Å². The monoisotopic (exact) mass is 291 g/mol. The van der Waals surface area contributed by atoms with Gasteiger partial charge in [-0.3, -0.25) is 4.68 Å². The van der Waals surface area contributed by atoms with E-state index in [0.29, 0.717) is 0 Å². The summed E-state index contributed by atoms with van der Waals surface area (Å²) in [7, 11) is 3.82. The second-order valence-corrected chi connectivity index (χ2v) is 6.60. The summed E-state index contributed by atoms with van der Waals surface area (Å²) in [5.74, 6) is 2.67. The Morgan fingerprint density at radius 2 is 2.10 bits per heavy atom. The SMILES string of the molecule is CNc1nc(CSC2CCCCC2)nc2c1cnn2C. The summed E-state index contributed by atoms with van der Waals surface area (Å²) >= 11 is 2.00. The zero-order valence-corrected chi connectivity index (χ0v) is 12.9. The van der Waals surface area contributed by atoms with Crippen molar-refractivity contribution in [2.45, 2.75) is 43.1 Å². The number of nitrogens with one attached hydrogen (secondary N) is 1. The first-order chi connectivity index (χ1) is 9.78. The molecule has 1 aliphatic carbocycles. The normalized spacial score (nSPS) is 16.7. The molecule has 1 saturated carbocycles. The molecule has 20 heavy (non-hydrogen) atoms. The lowest BCUT2D eigenvalue weighted by atomic mass is 10.0. The maximum atomic E-state index is 4.66. The molecule has 0 bridgehead atoms. The molecule has 2 aromatic heterocycles. The van der Waals surface area contributed by atoms with Crippen molar-refractivity contribution in [3.8, 4) is 0 Å². The van der Waals surface area contributed by atoms with Gasteiger partial charge in [0.15, 0.2) is 5.65 Å². The lowest BCUT2D eigenvalue weighted by Gasteiger charge is -2.20. The average Bonchev–Trinajstić information content (AvgIpc) is 2.87. The van der Waals surface area contributed by atoms with E-state index in [9.17, 15) is 0 Å². The Labute approximate surface area is 123 Å². The van der Waals surface area contributed by atoms with Gasteiger partial charge in [0.25, 0.3) is 0 Å². The van der Waals surface area contributed by atoms with Crippen molar-refractivity contribution in [1.82, 2.24) is 19.7 Å². The number of aromatic nitrogens is 4. The second-order valence-electron chi connectivity index (χ2n) is 5.31. The number of nitrogens with zero attached hydrogens (tertiary/aromatic N) is 4. The summed E-state index contributed by atoms with van der Waals surface area (Å²) in [5.41, 5.74) is 0.906. The van der Waals surface area contributed by atoms with E-state index in [0.717, 1.165) is 33.7 Å². The smallest absolute Gasteiger partial charge is 0.163 e. The van der Waals surface area contributed by atoms with Crippen LogP contribution in [0, 0.1) is 0 Å². The standard InChI is InChI=1S/C14H21N5S/c1-15-13-11-8-16-19(2)14(11)18-12(17-13)9-20-10-6-4-3-5-7-10/h8,10H,3-7,9H2,1-2H3,(H,15,17,18). The molecule has 0 amide bonds. The number of hydrogen-bond donors (Lipinski definition) is 1. The molecule has 1 aliphatic rings. The summed E-state index contributed by atoms with van der Waals surface area (Å²) in [6.45, 7) is 0. The summed E-state index contributed by atoms with van der Waals surface area (Å²) in [4.78, 5) is 9.28. The Hall–Kier alpha value is -1.30. The number of aryl methyl sites for hydroxylation is 1. The van der Waals surface area contributed by atoms with Crippen LogP contribution in [0.2, 0.25) is 0 Å². The average molecular weight is 291 g/mol. The molecule has 0 spiro atoms. The van der Waals surface area contributed by atoms with Crippen molar-refractivity contribution >= 4 is 28.6 Å². The molecule has 0 aromatic carbocycles. The molecular formula is C14H21N5S. The fraction of sp³-hybridized carbons (Fsp3) is 0.643. The van der Waals surface area contributed by atoms with Crippen molar-refractivity contribution in [2.75, 3.05) is 12.4 Å². The van der Waals surface area contributed by atoms with Crippen LogP contribution in [-0.4, -0.2) is 32.0 Å². The highest BCUT2D eigenvalue weighted by Gasteiger charge is 2.16. The molecule has 1 N–H and O–H groups in total. The molecule has 0 aliphatic heterocycles. The van der Waals surface area contributed by atoms with Gasteiger partial charge in [0.1, 0.15) is 11.6 Å². The quantitative estimate of drug-likeness (QED) is 0.938. The molecule has 108 valence electrons. The second kappa shape index (κ2) is 5.99. The molecule has 6 heteroatoms. The molecule has 0 radical (unpaired) electrons. The van der Waals surface area contributed by atoms with Crippen molar-refractivity contribution in [2.24, 2.45) is 7.05 Å². The van der Waals surface area contributed by atoms with E-state index in [1.807, 2.05) is 36.7 Å². The van der Waals surface area contributed by atoms with Gasteiger partial charge in [-0.05, 0) is 12.8 Å². The van der Waals surface area contributed by atoms with Crippen LogP contribution in [0.3, 0.4) is 0 Å². The van der Waals surface area contributed by atoms with Crippen LogP contribution >= 0.6 is 11.8 Å². The minimum atomic E-state index is 0.785. The van der Waals surface area contributed by atoms with E-state index in [1.165, 1.54) is 32.1 Å². The highest BCUT2D eigenvalue weighted by Crippen LogP contribution is 2.30. The van der Waals surface area contributed by atoms with Gasteiger partial charge in [-0.15, -0.1) is 0 Å². The zero-order valence-electron chi connectivity index (χ0n) is 12.1. The number of fused-ring (bicyclic) bond motifs is 1. The summed E-state index contributed by atoms with van der Waals surface area (Å²) in [6.07, 6.45) is 8.66. The van der Waals surface area contributed by atoms with Crippen LogP contribution in [0.4, 0.5) is 5.82 Å². The van der Waals surface area contributed by atoms with Gasteiger partial charge < -0.3 is 5.32 Å². The van der Waals surface area contributed by atoms with Gasteiger partial charge in [0, 0.05) is 19.3 Å². The first-order valence-corrected chi connectivity index (χ1v) is 8.31. The van der Waals surface area contributed by atoms with E-state index in [4.69, 9.17) is 0 Å². The molecule has 0 atom stereocenters. The van der Waals surface area contributed by atoms with Gasteiger partial charge in [-0.2, -0.15) is 16.9 Å². The maximum Gasteiger partial charge on any atom is 0.163 e. The molecule has 5 nitrogen and oxygen atoms in total. The van der Waals surface area contributed by atoms with Crippen molar-refractivity contribution in [1.29, 1.82) is 0 Å². The lowest BCUT2D eigenvalue weighted by Crippen LogP contribution is -2.09. The number of anilines is 1. The van der Waals surface area contributed by atoms with E-state index in [2.05, 4.69) is 20.4 Å². The molecule has 0 saturated heterocycles. The van der Waals surface area contributed by atoms with Crippen LogP contribution < -0.4 is 5.32 Å². The summed E-state index contributed by atoms with van der Waals surface area (Å²) in [6, 6.07) is 0. The summed E-state index contributed by atoms with van der Waals surface area (Å²) < 4.78 is 1.81. The molecule has 1 fully saturated rings. The van der Waals surface area contributed by atoms with Crippen LogP contribution in [0.25, 0.3) is 11.0 Å². The largest absolute Gasteiger partial charge is 0.372 e. The van der Waals surface area contributed by atoms with E-state index < -0.39 is 0 Å². The molecule has 2 heterocycles. The zero-order chi connectivity index (χ0) is 13.9. The van der Waals surface area contributed by atoms with Crippen molar-refractivity contribution in [3.05, 3.63) is 12.0 Å². The summed E-state index contributed by atoms with van der Waals surface area (Å²) in [5, 5.41) is 9.18. The minimum absolute atomic E-state index is 0.785. The van der Waals surface area contributed by atoms with Crippen molar-refractivity contribution < 1.29 is 0 Å². The minimum Gasteiger partial charge on any atom is -0.372 e. The fourth-order valence-electron chi connectivity index (χ4n) is 2.75.